The quantitative estimate of drug-likeness (QED) is 0.783. The summed E-state index contributed by atoms with van der Waals surface area (Å²) >= 11 is 0. The Kier molecular flexibility index (Phi) is 4.35. The number of anilines is 1. The molecule has 20 heavy (non-hydrogen) atoms. The molecule has 2 rings (SSSR count). The van der Waals surface area contributed by atoms with Gasteiger partial charge in [0.25, 0.3) is 0 Å². The van der Waals surface area contributed by atoms with Crippen molar-refractivity contribution in [3.8, 4) is 5.75 Å². The van der Waals surface area contributed by atoms with E-state index < -0.39 is 5.82 Å². The molecule has 0 aliphatic heterocycles. The van der Waals surface area contributed by atoms with Gasteiger partial charge >= 0.3 is 0 Å². The van der Waals surface area contributed by atoms with Crippen molar-refractivity contribution >= 4 is 12.0 Å². The molecule has 0 aliphatic carbocycles. The van der Waals surface area contributed by atoms with Gasteiger partial charge in [0.15, 0.2) is 6.29 Å². The van der Waals surface area contributed by atoms with Crippen molar-refractivity contribution in [3.05, 3.63) is 59.4 Å². The van der Waals surface area contributed by atoms with Crippen LogP contribution in [0.25, 0.3) is 0 Å². The number of carbonyl (C=O) groups excluding carboxylic acids is 1. The lowest BCUT2D eigenvalue weighted by Gasteiger charge is -2.21. The molecule has 0 N–H and O–H groups in total. The van der Waals surface area contributed by atoms with Gasteiger partial charge in [-0.3, -0.25) is 4.79 Å². The number of hydrogen-bond donors (Lipinski definition) is 0. The number of rotatable bonds is 5. The number of methoxy groups -OCH3 is 1. The highest BCUT2D eigenvalue weighted by Gasteiger charge is 2.09. The van der Waals surface area contributed by atoms with Gasteiger partial charge in [-0.25, -0.2) is 4.39 Å². The summed E-state index contributed by atoms with van der Waals surface area (Å²) in [5, 5.41) is 0. The summed E-state index contributed by atoms with van der Waals surface area (Å²) in [6.45, 7) is 0.621. The Morgan fingerprint density at radius 2 is 1.90 bits per heavy atom. The molecule has 0 fully saturated rings. The first-order valence-corrected chi connectivity index (χ1v) is 6.23. The molecule has 4 heteroatoms. The van der Waals surface area contributed by atoms with E-state index in [-0.39, 0.29) is 0 Å². The van der Waals surface area contributed by atoms with E-state index in [2.05, 4.69) is 0 Å². The zero-order valence-corrected chi connectivity index (χ0v) is 11.5. The molecule has 2 aromatic rings. The second-order valence-electron chi connectivity index (χ2n) is 4.53. The standard InChI is InChI=1S/C16H16FNO2/c1-18(10-12-3-6-15(20-2)7-4-12)16-8-5-14(17)9-13(16)11-19/h3-9,11H,10H2,1-2H3. The third-order valence-corrected chi connectivity index (χ3v) is 3.11. The molecule has 2 aromatic carbocycles. The second kappa shape index (κ2) is 6.19. The Hall–Kier alpha value is -2.36. The monoisotopic (exact) mass is 273 g/mol. The van der Waals surface area contributed by atoms with E-state index in [1.165, 1.54) is 12.1 Å². The van der Waals surface area contributed by atoms with Crippen molar-refractivity contribution in [1.29, 1.82) is 0 Å². The summed E-state index contributed by atoms with van der Waals surface area (Å²) in [5.74, 6) is 0.389. The van der Waals surface area contributed by atoms with Gasteiger partial charge in [-0.1, -0.05) is 12.1 Å². The molecule has 0 aliphatic rings. The number of hydrogen-bond acceptors (Lipinski definition) is 3. The Morgan fingerprint density at radius 3 is 2.50 bits per heavy atom. The largest absolute Gasteiger partial charge is 0.497 e. The van der Waals surface area contributed by atoms with Crippen LogP contribution in [0.4, 0.5) is 10.1 Å². The summed E-state index contributed by atoms with van der Waals surface area (Å²) in [7, 11) is 3.49. The summed E-state index contributed by atoms with van der Waals surface area (Å²) in [6.07, 6.45) is 0.670. The van der Waals surface area contributed by atoms with Gasteiger partial charge in [-0.15, -0.1) is 0 Å². The molecular formula is C16H16FNO2. The Morgan fingerprint density at radius 1 is 1.20 bits per heavy atom. The fourth-order valence-corrected chi connectivity index (χ4v) is 2.06. The molecule has 0 saturated heterocycles. The molecule has 0 aromatic heterocycles. The first-order valence-electron chi connectivity index (χ1n) is 6.23. The third-order valence-electron chi connectivity index (χ3n) is 3.11. The molecule has 0 heterocycles. The summed E-state index contributed by atoms with van der Waals surface area (Å²) < 4.78 is 18.2. The molecule has 0 bridgehead atoms. The number of aldehydes is 1. The molecule has 0 spiro atoms. The predicted molar refractivity (Wildman–Crippen MR) is 76.9 cm³/mol. The maximum absolute atomic E-state index is 13.1. The number of ether oxygens (including phenoxy) is 1. The van der Waals surface area contributed by atoms with Gasteiger partial charge in [0.2, 0.25) is 0 Å². The molecular weight excluding hydrogens is 257 g/mol. The van der Waals surface area contributed by atoms with Gasteiger partial charge in [0.05, 0.1) is 7.11 Å². The lowest BCUT2D eigenvalue weighted by atomic mass is 10.1. The zero-order valence-electron chi connectivity index (χ0n) is 11.5. The molecule has 0 radical (unpaired) electrons. The van der Waals surface area contributed by atoms with Crippen LogP contribution in [-0.4, -0.2) is 20.4 Å². The molecule has 0 amide bonds. The fraction of sp³-hybridized carbons (Fsp3) is 0.188. The summed E-state index contributed by atoms with van der Waals surface area (Å²) in [6, 6.07) is 11.9. The smallest absolute Gasteiger partial charge is 0.152 e. The molecule has 0 unspecified atom stereocenters. The van der Waals surface area contributed by atoms with Crippen LogP contribution >= 0.6 is 0 Å². The van der Waals surface area contributed by atoms with Crippen molar-refractivity contribution in [2.45, 2.75) is 6.54 Å². The van der Waals surface area contributed by atoms with E-state index >= 15 is 0 Å². The Bertz CT molecular complexity index is 596. The lowest BCUT2D eigenvalue weighted by molar-refractivity contribution is 0.112. The topological polar surface area (TPSA) is 29.5 Å². The molecule has 3 nitrogen and oxygen atoms in total. The average molecular weight is 273 g/mol. The van der Waals surface area contributed by atoms with E-state index in [0.29, 0.717) is 24.1 Å². The van der Waals surface area contributed by atoms with Gasteiger partial charge in [-0.2, -0.15) is 0 Å². The van der Waals surface area contributed by atoms with E-state index in [4.69, 9.17) is 4.74 Å². The van der Waals surface area contributed by atoms with Crippen LogP contribution in [0.5, 0.6) is 5.75 Å². The van der Waals surface area contributed by atoms with Crippen molar-refractivity contribution in [3.63, 3.8) is 0 Å². The molecule has 0 saturated carbocycles. The maximum atomic E-state index is 13.1. The normalized spacial score (nSPS) is 10.2. The van der Waals surface area contributed by atoms with Gasteiger partial charge < -0.3 is 9.64 Å². The minimum Gasteiger partial charge on any atom is -0.497 e. The maximum Gasteiger partial charge on any atom is 0.152 e. The number of carbonyl (C=O) groups is 1. The van der Waals surface area contributed by atoms with Crippen LogP contribution in [0, 0.1) is 5.82 Å². The minimum atomic E-state index is -0.409. The zero-order chi connectivity index (χ0) is 14.5. The van der Waals surface area contributed by atoms with Crippen molar-refractivity contribution in [2.24, 2.45) is 0 Å². The van der Waals surface area contributed by atoms with E-state index in [9.17, 15) is 9.18 Å². The van der Waals surface area contributed by atoms with Crippen molar-refractivity contribution < 1.29 is 13.9 Å². The lowest BCUT2D eigenvalue weighted by Crippen LogP contribution is -2.18. The van der Waals surface area contributed by atoms with Crippen LogP contribution in [-0.2, 0) is 6.54 Å². The van der Waals surface area contributed by atoms with E-state index in [1.54, 1.807) is 13.2 Å². The van der Waals surface area contributed by atoms with Crippen LogP contribution in [0.1, 0.15) is 15.9 Å². The Balaban J connectivity index is 2.18. The van der Waals surface area contributed by atoms with Crippen LogP contribution in [0.3, 0.4) is 0 Å². The number of benzene rings is 2. The van der Waals surface area contributed by atoms with E-state index in [1.807, 2.05) is 36.2 Å². The van der Waals surface area contributed by atoms with Gasteiger partial charge in [0.1, 0.15) is 11.6 Å². The summed E-state index contributed by atoms with van der Waals surface area (Å²) in [4.78, 5) is 12.9. The predicted octanol–water partition coefficient (Wildman–Crippen LogP) is 3.28. The first kappa shape index (κ1) is 14.1. The third kappa shape index (κ3) is 3.15. The Labute approximate surface area is 117 Å². The second-order valence-corrected chi connectivity index (χ2v) is 4.53. The number of nitrogens with zero attached hydrogens (tertiary/aromatic N) is 1. The highest BCUT2D eigenvalue weighted by Crippen LogP contribution is 2.21. The van der Waals surface area contributed by atoms with Crippen LogP contribution in [0.15, 0.2) is 42.5 Å². The number of halogens is 1. The highest BCUT2D eigenvalue weighted by molar-refractivity contribution is 5.84. The van der Waals surface area contributed by atoms with Crippen molar-refractivity contribution in [1.82, 2.24) is 0 Å². The molecule has 104 valence electrons. The minimum absolute atomic E-state index is 0.348. The highest BCUT2D eigenvalue weighted by atomic mass is 19.1. The van der Waals surface area contributed by atoms with Crippen LogP contribution in [0.2, 0.25) is 0 Å². The summed E-state index contributed by atoms with van der Waals surface area (Å²) in [5.41, 5.74) is 2.13. The van der Waals surface area contributed by atoms with Gasteiger partial charge in [0, 0.05) is 24.8 Å². The van der Waals surface area contributed by atoms with Crippen molar-refractivity contribution in [2.75, 3.05) is 19.1 Å². The fourth-order valence-electron chi connectivity index (χ4n) is 2.06. The van der Waals surface area contributed by atoms with E-state index in [0.717, 1.165) is 11.3 Å². The molecule has 0 atom stereocenters. The van der Waals surface area contributed by atoms with Gasteiger partial charge in [-0.05, 0) is 35.9 Å². The van der Waals surface area contributed by atoms with Crippen LogP contribution < -0.4 is 9.64 Å². The average Bonchev–Trinajstić information content (AvgIpc) is 2.47. The SMILES string of the molecule is COc1ccc(CN(C)c2ccc(F)cc2C=O)cc1. The first-order chi connectivity index (χ1) is 9.63.